The van der Waals surface area contributed by atoms with Gasteiger partial charge in [-0.15, -0.1) is 0 Å². The fraction of sp³-hybridized carbons (Fsp3) is 0.625. The number of rotatable bonds is 2. The molecule has 0 unspecified atom stereocenters. The van der Waals surface area contributed by atoms with E-state index in [0.29, 0.717) is 11.4 Å². The van der Waals surface area contributed by atoms with Gasteiger partial charge in [0.15, 0.2) is 0 Å². The highest BCUT2D eigenvalue weighted by Gasteiger charge is 2.55. The van der Waals surface area contributed by atoms with E-state index in [9.17, 15) is 4.79 Å². The van der Waals surface area contributed by atoms with Gasteiger partial charge in [0.2, 0.25) is 0 Å². The fourth-order valence-electron chi connectivity index (χ4n) is 3.15. The minimum absolute atomic E-state index is 0.172. The van der Waals surface area contributed by atoms with Crippen molar-refractivity contribution in [2.45, 2.75) is 45.3 Å². The van der Waals surface area contributed by atoms with Gasteiger partial charge in [0.25, 0.3) is 0 Å². The van der Waals surface area contributed by atoms with E-state index >= 15 is 0 Å². The number of hydrogen-bond acceptors (Lipinski definition) is 5. The molecule has 0 radical (unpaired) electrons. The Morgan fingerprint density at radius 1 is 1.41 bits per heavy atom. The van der Waals surface area contributed by atoms with Crippen LogP contribution in [-0.2, 0) is 4.74 Å². The summed E-state index contributed by atoms with van der Waals surface area (Å²) >= 11 is 0. The minimum atomic E-state index is -0.441. The Hall–Kier alpha value is -1.98. The molecule has 1 amide bonds. The van der Waals surface area contributed by atoms with Crippen molar-refractivity contribution in [3.8, 4) is 5.75 Å². The summed E-state index contributed by atoms with van der Waals surface area (Å²) in [7, 11) is 0. The van der Waals surface area contributed by atoms with Crippen molar-refractivity contribution in [2.75, 3.05) is 18.8 Å². The molecule has 6 nitrogen and oxygen atoms in total. The normalized spacial score (nSPS) is 20.2. The number of likely N-dealkylation sites (tertiary alicyclic amines) is 1. The summed E-state index contributed by atoms with van der Waals surface area (Å²) in [5, 5.41) is 0. The van der Waals surface area contributed by atoms with Crippen LogP contribution < -0.4 is 10.5 Å². The molecule has 0 aromatic carbocycles. The van der Waals surface area contributed by atoms with Gasteiger partial charge in [0, 0.05) is 30.8 Å². The third-order valence-electron chi connectivity index (χ3n) is 4.13. The molecule has 0 atom stereocenters. The van der Waals surface area contributed by atoms with Crippen LogP contribution in [0, 0.1) is 5.41 Å². The maximum atomic E-state index is 11.9. The average molecular weight is 305 g/mol. The summed E-state index contributed by atoms with van der Waals surface area (Å²) in [5.41, 5.74) is 6.16. The van der Waals surface area contributed by atoms with E-state index < -0.39 is 5.60 Å². The molecule has 1 spiro atoms. The van der Waals surface area contributed by atoms with Crippen LogP contribution in [0.3, 0.4) is 0 Å². The van der Waals surface area contributed by atoms with Gasteiger partial charge in [-0.2, -0.15) is 0 Å². The number of nitrogens with zero attached hydrogens (tertiary/aromatic N) is 2. The van der Waals surface area contributed by atoms with E-state index in [1.807, 2.05) is 20.8 Å². The molecular formula is C16H23N3O3. The van der Waals surface area contributed by atoms with E-state index in [0.717, 1.165) is 25.9 Å². The van der Waals surface area contributed by atoms with E-state index in [1.54, 1.807) is 23.4 Å². The molecule has 1 saturated carbocycles. The molecule has 2 heterocycles. The molecule has 0 bridgehead atoms. The van der Waals surface area contributed by atoms with E-state index in [4.69, 9.17) is 15.2 Å². The number of ether oxygens (including phenoxy) is 2. The predicted octanol–water partition coefficient (Wildman–Crippen LogP) is 2.44. The highest BCUT2D eigenvalue weighted by atomic mass is 16.6. The number of nitrogens with two attached hydrogens (primary N) is 1. The number of aromatic nitrogens is 1. The first-order valence-corrected chi connectivity index (χ1v) is 7.60. The molecule has 1 aliphatic heterocycles. The lowest BCUT2D eigenvalue weighted by molar-refractivity contribution is -0.116. The average Bonchev–Trinajstić information content (AvgIpc) is 2.30. The van der Waals surface area contributed by atoms with Crippen LogP contribution in [0.1, 0.15) is 33.6 Å². The standard InChI is InChI=1S/C16H23N3O3/c1-15(2,3)22-14(20)19-9-16(10-19)6-11(7-16)21-13-4-5-18-8-12(13)17/h4-5,8,11H,6-7,9-10,17H2,1-3H3. The molecule has 120 valence electrons. The smallest absolute Gasteiger partial charge is 0.410 e. The van der Waals surface area contributed by atoms with Crippen molar-refractivity contribution >= 4 is 11.8 Å². The highest BCUT2D eigenvalue weighted by Crippen LogP contribution is 2.50. The molecule has 1 aromatic rings. The number of pyridine rings is 1. The highest BCUT2D eigenvalue weighted by molar-refractivity contribution is 5.69. The summed E-state index contributed by atoms with van der Waals surface area (Å²) in [5.74, 6) is 0.693. The number of carbonyl (C=O) groups is 1. The first-order chi connectivity index (χ1) is 10.3. The lowest BCUT2D eigenvalue weighted by Gasteiger charge is -2.58. The Morgan fingerprint density at radius 2 is 2.09 bits per heavy atom. The molecule has 3 rings (SSSR count). The van der Waals surface area contributed by atoms with Crippen LogP contribution >= 0.6 is 0 Å². The molecule has 1 aromatic heterocycles. The van der Waals surface area contributed by atoms with E-state index in [2.05, 4.69) is 4.98 Å². The summed E-state index contributed by atoms with van der Waals surface area (Å²) in [6.45, 7) is 7.16. The molecule has 1 saturated heterocycles. The van der Waals surface area contributed by atoms with Gasteiger partial charge in [-0.3, -0.25) is 4.98 Å². The van der Waals surface area contributed by atoms with Crippen molar-refractivity contribution in [2.24, 2.45) is 5.41 Å². The van der Waals surface area contributed by atoms with Crippen molar-refractivity contribution in [3.05, 3.63) is 18.5 Å². The monoisotopic (exact) mass is 305 g/mol. The number of anilines is 1. The van der Waals surface area contributed by atoms with Crippen LogP contribution in [0.4, 0.5) is 10.5 Å². The lowest BCUT2D eigenvalue weighted by Crippen LogP contribution is -2.66. The van der Waals surface area contributed by atoms with Crippen molar-refractivity contribution in [1.29, 1.82) is 0 Å². The zero-order valence-electron chi connectivity index (χ0n) is 13.3. The predicted molar refractivity (Wildman–Crippen MR) is 82.5 cm³/mol. The van der Waals surface area contributed by atoms with Crippen LogP contribution in [0.15, 0.2) is 18.5 Å². The topological polar surface area (TPSA) is 77.7 Å². The number of amides is 1. The van der Waals surface area contributed by atoms with Gasteiger partial charge >= 0.3 is 6.09 Å². The van der Waals surface area contributed by atoms with Gasteiger partial charge in [-0.25, -0.2) is 4.79 Å². The van der Waals surface area contributed by atoms with Gasteiger partial charge in [-0.1, -0.05) is 0 Å². The second kappa shape index (κ2) is 5.04. The van der Waals surface area contributed by atoms with Crippen molar-refractivity contribution in [3.63, 3.8) is 0 Å². The lowest BCUT2D eigenvalue weighted by atomic mass is 9.62. The number of hydrogen-bond donors (Lipinski definition) is 1. The Kier molecular flexibility index (Phi) is 3.42. The zero-order valence-corrected chi connectivity index (χ0v) is 13.3. The van der Waals surface area contributed by atoms with Crippen LogP contribution in [-0.4, -0.2) is 40.8 Å². The molecule has 1 aliphatic carbocycles. The van der Waals surface area contributed by atoms with Crippen LogP contribution in [0.5, 0.6) is 5.75 Å². The van der Waals surface area contributed by atoms with Crippen LogP contribution in [0.25, 0.3) is 0 Å². The van der Waals surface area contributed by atoms with Crippen molar-refractivity contribution in [1.82, 2.24) is 9.88 Å². The first kappa shape index (κ1) is 14.9. The summed E-state index contributed by atoms with van der Waals surface area (Å²) in [4.78, 5) is 17.6. The van der Waals surface area contributed by atoms with Crippen LogP contribution in [0.2, 0.25) is 0 Å². The Morgan fingerprint density at radius 3 is 2.68 bits per heavy atom. The van der Waals surface area contributed by atoms with Gasteiger partial charge in [0.05, 0.1) is 11.9 Å². The van der Waals surface area contributed by atoms with Gasteiger partial charge < -0.3 is 20.1 Å². The molecule has 2 fully saturated rings. The summed E-state index contributed by atoms with van der Waals surface area (Å²) in [6, 6.07) is 1.79. The Balaban J connectivity index is 1.45. The third-order valence-corrected chi connectivity index (χ3v) is 4.13. The van der Waals surface area contributed by atoms with Gasteiger partial charge in [0.1, 0.15) is 17.5 Å². The fourth-order valence-corrected chi connectivity index (χ4v) is 3.15. The molecule has 6 heteroatoms. The van der Waals surface area contributed by atoms with E-state index in [-0.39, 0.29) is 17.6 Å². The van der Waals surface area contributed by atoms with Gasteiger partial charge in [-0.05, 0) is 33.6 Å². The third kappa shape index (κ3) is 2.96. The summed E-state index contributed by atoms with van der Waals surface area (Å²) < 4.78 is 11.3. The maximum absolute atomic E-state index is 11.9. The summed E-state index contributed by atoms with van der Waals surface area (Å²) in [6.07, 6.45) is 5.12. The minimum Gasteiger partial charge on any atom is -0.488 e. The second-order valence-corrected chi connectivity index (χ2v) is 7.40. The number of nitrogen functional groups attached to an aromatic ring is 1. The molecular weight excluding hydrogens is 282 g/mol. The molecule has 2 aliphatic rings. The van der Waals surface area contributed by atoms with E-state index in [1.165, 1.54) is 0 Å². The SMILES string of the molecule is CC(C)(C)OC(=O)N1CC2(CC(Oc3ccncc3N)C2)C1. The zero-order chi connectivity index (χ0) is 16.0. The largest absolute Gasteiger partial charge is 0.488 e. The Labute approximate surface area is 130 Å². The maximum Gasteiger partial charge on any atom is 0.410 e. The molecule has 2 N–H and O–H groups in total. The first-order valence-electron chi connectivity index (χ1n) is 7.60. The quantitative estimate of drug-likeness (QED) is 0.908. The second-order valence-electron chi connectivity index (χ2n) is 7.40. The molecule has 22 heavy (non-hydrogen) atoms. The Bertz CT molecular complexity index is 568. The van der Waals surface area contributed by atoms with Crippen molar-refractivity contribution < 1.29 is 14.3 Å². The number of carbonyl (C=O) groups excluding carboxylic acids is 1.